The molecule has 15 heavy (non-hydrogen) atoms. The first-order valence-electron chi connectivity index (χ1n) is 5.76. The Hall–Kier alpha value is -1.11. The van der Waals surface area contributed by atoms with Crippen molar-refractivity contribution in [1.82, 2.24) is 4.98 Å². The normalized spacial score (nSPS) is 9.40. The van der Waals surface area contributed by atoms with Crippen LogP contribution in [0.1, 0.15) is 39.7 Å². The fourth-order valence-electron chi connectivity index (χ4n) is 1.14. The zero-order valence-electron chi connectivity index (χ0n) is 10.5. The molecule has 0 aliphatic rings. The molecule has 1 heterocycles. The summed E-state index contributed by atoms with van der Waals surface area (Å²) in [6, 6.07) is 4.09. The maximum atomic E-state index is 4.08. The number of aryl methyl sites for hydroxylation is 1. The summed E-state index contributed by atoms with van der Waals surface area (Å²) in [5.74, 6) is 0.594. The van der Waals surface area contributed by atoms with Gasteiger partial charge >= 0.3 is 0 Å². The first kappa shape index (κ1) is 13.9. The highest BCUT2D eigenvalue weighted by atomic mass is 14.6. The molecule has 0 saturated carbocycles. The number of aromatic nitrogens is 1. The van der Waals surface area contributed by atoms with E-state index in [2.05, 4.69) is 31.5 Å². The van der Waals surface area contributed by atoms with Crippen LogP contribution in [0.5, 0.6) is 0 Å². The van der Waals surface area contributed by atoms with Gasteiger partial charge in [-0.1, -0.05) is 45.9 Å². The second kappa shape index (κ2) is 8.22. The van der Waals surface area contributed by atoms with Gasteiger partial charge in [-0.3, -0.25) is 4.98 Å². The molecule has 1 nitrogen and oxygen atoms in total. The summed E-state index contributed by atoms with van der Waals surface area (Å²) in [6.07, 6.45) is 5.86. The van der Waals surface area contributed by atoms with E-state index in [4.69, 9.17) is 0 Å². The predicted octanol–water partition coefficient (Wildman–Crippen LogP) is 4.25. The molecule has 0 spiro atoms. The molecule has 0 unspecified atom stereocenters. The van der Waals surface area contributed by atoms with Crippen LogP contribution >= 0.6 is 0 Å². The predicted molar refractivity (Wildman–Crippen MR) is 67.9 cm³/mol. The highest BCUT2D eigenvalue weighted by Crippen LogP contribution is 2.14. The number of rotatable bonds is 4. The fraction of sp³-hybridized carbons (Fsp3) is 0.500. The molecule has 1 aromatic rings. The summed E-state index contributed by atoms with van der Waals surface area (Å²) in [6.45, 7) is 12.4. The van der Waals surface area contributed by atoms with Crippen LogP contribution in [-0.2, 0) is 6.42 Å². The molecule has 1 aromatic heterocycles. The first-order chi connectivity index (χ1) is 7.20. The van der Waals surface area contributed by atoms with Crippen LogP contribution in [0.2, 0.25) is 0 Å². The minimum absolute atomic E-state index is 0.594. The number of allylic oxidation sites excluding steroid dienone is 1. The molecular weight excluding hydrogens is 182 g/mol. The third-order valence-corrected chi connectivity index (χ3v) is 2.27. The smallest absolute Gasteiger partial charge is 0.0299 e. The van der Waals surface area contributed by atoms with Gasteiger partial charge in [0.25, 0.3) is 0 Å². The van der Waals surface area contributed by atoms with E-state index in [9.17, 15) is 0 Å². The third kappa shape index (κ3) is 6.05. The largest absolute Gasteiger partial charge is 0.264 e. The van der Waals surface area contributed by atoms with E-state index in [1.165, 1.54) is 11.1 Å². The Kier molecular flexibility index (Phi) is 7.61. The van der Waals surface area contributed by atoms with Crippen LogP contribution in [0, 0.1) is 5.92 Å². The summed E-state index contributed by atoms with van der Waals surface area (Å²) < 4.78 is 0. The van der Waals surface area contributed by atoms with Crippen LogP contribution in [0.25, 0.3) is 0 Å². The van der Waals surface area contributed by atoms with Gasteiger partial charge in [0.1, 0.15) is 0 Å². The molecule has 0 amide bonds. The molecule has 0 bridgehead atoms. The Bertz CT molecular complexity index is 262. The lowest BCUT2D eigenvalue weighted by Crippen LogP contribution is -1.95. The molecule has 0 fully saturated rings. The third-order valence-electron chi connectivity index (χ3n) is 2.27. The number of hydrogen-bond acceptors (Lipinski definition) is 1. The molecule has 0 saturated heterocycles. The van der Waals surface area contributed by atoms with Gasteiger partial charge in [-0.2, -0.15) is 0 Å². The highest BCUT2D eigenvalue weighted by Gasteiger charge is 2.00. The van der Waals surface area contributed by atoms with Crippen LogP contribution in [-0.4, -0.2) is 4.98 Å². The van der Waals surface area contributed by atoms with Crippen LogP contribution in [0.15, 0.2) is 36.7 Å². The van der Waals surface area contributed by atoms with E-state index >= 15 is 0 Å². The molecule has 1 heteroatoms. The van der Waals surface area contributed by atoms with Crippen LogP contribution in [0.3, 0.4) is 0 Å². The van der Waals surface area contributed by atoms with Gasteiger partial charge in [0, 0.05) is 12.4 Å². The Labute approximate surface area is 94.3 Å². The first-order valence-corrected chi connectivity index (χ1v) is 5.76. The van der Waals surface area contributed by atoms with Gasteiger partial charge in [0.05, 0.1) is 0 Å². The monoisotopic (exact) mass is 205 g/mol. The van der Waals surface area contributed by atoms with Crippen LogP contribution < -0.4 is 0 Å². The Morgan fingerprint density at radius 2 is 2.07 bits per heavy atom. The number of pyridine rings is 1. The molecule has 1 rings (SSSR count). The van der Waals surface area contributed by atoms with Gasteiger partial charge < -0.3 is 0 Å². The number of nitrogens with zero attached hydrogens (tertiary/aromatic N) is 1. The molecule has 0 aliphatic carbocycles. The van der Waals surface area contributed by atoms with Crippen molar-refractivity contribution in [2.75, 3.05) is 0 Å². The van der Waals surface area contributed by atoms with Crippen molar-refractivity contribution in [3.8, 4) is 0 Å². The Balaban J connectivity index is 0.000000921. The summed E-state index contributed by atoms with van der Waals surface area (Å²) in [5.41, 5.74) is 2.62. The lowest BCUT2D eigenvalue weighted by atomic mass is 9.98. The number of hydrogen-bond donors (Lipinski definition) is 0. The lowest BCUT2D eigenvalue weighted by molar-refractivity contribution is 0.713. The fourth-order valence-corrected chi connectivity index (χ4v) is 1.14. The highest BCUT2D eigenvalue weighted by molar-refractivity contribution is 5.11. The lowest BCUT2D eigenvalue weighted by Gasteiger charge is -2.08. The molecular formula is C14H23N. The van der Waals surface area contributed by atoms with Crippen molar-refractivity contribution >= 4 is 0 Å². The SMILES string of the molecule is C=C(CCc1cccnc1)C(C)C.CC. The van der Waals surface area contributed by atoms with Crippen molar-refractivity contribution in [3.05, 3.63) is 42.2 Å². The van der Waals surface area contributed by atoms with E-state index in [-0.39, 0.29) is 0 Å². The zero-order chi connectivity index (χ0) is 11.7. The molecule has 0 aromatic carbocycles. The molecule has 84 valence electrons. The van der Waals surface area contributed by atoms with Gasteiger partial charge in [0.2, 0.25) is 0 Å². The van der Waals surface area contributed by atoms with Crippen molar-refractivity contribution < 1.29 is 0 Å². The molecule has 0 N–H and O–H groups in total. The van der Waals surface area contributed by atoms with Gasteiger partial charge in [0.15, 0.2) is 0 Å². The molecule has 0 radical (unpaired) electrons. The van der Waals surface area contributed by atoms with Gasteiger partial charge in [-0.15, -0.1) is 0 Å². The van der Waals surface area contributed by atoms with E-state index in [1.54, 1.807) is 6.20 Å². The maximum absolute atomic E-state index is 4.08. The van der Waals surface area contributed by atoms with E-state index in [0.717, 1.165) is 12.8 Å². The Morgan fingerprint density at radius 1 is 1.40 bits per heavy atom. The standard InChI is InChI=1S/C12H17N.C2H6/c1-10(2)11(3)6-7-12-5-4-8-13-9-12;1-2/h4-5,8-10H,3,6-7H2,1-2H3;1-2H3. The van der Waals surface area contributed by atoms with Crippen molar-refractivity contribution in [3.63, 3.8) is 0 Å². The van der Waals surface area contributed by atoms with Crippen molar-refractivity contribution in [2.45, 2.75) is 40.5 Å². The van der Waals surface area contributed by atoms with E-state index in [1.807, 2.05) is 26.1 Å². The summed E-state index contributed by atoms with van der Waals surface area (Å²) in [4.78, 5) is 4.08. The average Bonchev–Trinajstić information content (AvgIpc) is 2.30. The minimum Gasteiger partial charge on any atom is -0.264 e. The zero-order valence-corrected chi connectivity index (χ0v) is 10.5. The quantitative estimate of drug-likeness (QED) is 0.669. The summed E-state index contributed by atoms with van der Waals surface area (Å²) >= 11 is 0. The topological polar surface area (TPSA) is 12.9 Å². The van der Waals surface area contributed by atoms with Crippen molar-refractivity contribution in [2.24, 2.45) is 5.92 Å². The summed E-state index contributed by atoms with van der Waals surface area (Å²) in [7, 11) is 0. The second-order valence-electron chi connectivity index (χ2n) is 3.67. The molecule has 0 atom stereocenters. The van der Waals surface area contributed by atoms with Gasteiger partial charge in [-0.25, -0.2) is 0 Å². The van der Waals surface area contributed by atoms with Gasteiger partial charge in [-0.05, 0) is 30.4 Å². The van der Waals surface area contributed by atoms with Crippen LogP contribution in [0.4, 0.5) is 0 Å². The second-order valence-corrected chi connectivity index (χ2v) is 3.67. The maximum Gasteiger partial charge on any atom is 0.0299 e. The average molecular weight is 205 g/mol. The summed E-state index contributed by atoms with van der Waals surface area (Å²) in [5, 5.41) is 0. The molecule has 0 aliphatic heterocycles. The van der Waals surface area contributed by atoms with E-state index in [0.29, 0.717) is 5.92 Å². The van der Waals surface area contributed by atoms with E-state index < -0.39 is 0 Å². The minimum atomic E-state index is 0.594. The Morgan fingerprint density at radius 3 is 2.53 bits per heavy atom. The van der Waals surface area contributed by atoms with Crippen molar-refractivity contribution in [1.29, 1.82) is 0 Å².